The van der Waals surface area contributed by atoms with Crippen LogP contribution in [0.2, 0.25) is 0 Å². The highest BCUT2D eigenvalue weighted by Crippen LogP contribution is 2.35. The third kappa shape index (κ3) is 3.51. The number of nitrogens with one attached hydrogen (secondary N) is 1. The molecule has 9 heteroatoms. The predicted molar refractivity (Wildman–Crippen MR) is 114 cm³/mol. The minimum Gasteiger partial charge on any atom is -0.398 e. The topological polar surface area (TPSA) is 70.7 Å². The monoisotopic (exact) mass is 510 g/mol. The first-order valence-corrected chi connectivity index (χ1v) is 10.1. The molecule has 0 atom stereocenters. The molecule has 0 aromatic heterocycles. The van der Waals surface area contributed by atoms with E-state index in [0.717, 1.165) is 4.90 Å². The second kappa shape index (κ2) is 7.55. The maximum atomic E-state index is 14.6. The van der Waals surface area contributed by atoms with Crippen molar-refractivity contribution in [3.63, 3.8) is 0 Å². The molecule has 4 rings (SSSR count). The van der Waals surface area contributed by atoms with Gasteiger partial charge in [0.15, 0.2) is 0 Å². The van der Waals surface area contributed by atoms with Crippen LogP contribution in [0.3, 0.4) is 0 Å². The van der Waals surface area contributed by atoms with Gasteiger partial charge in [-0.1, -0.05) is 11.8 Å². The fourth-order valence-electron chi connectivity index (χ4n) is 2.84. The van der Waals surface area contributed by atoms with Crippen LogP contribution in [0.1, 0.15) is 5.56 Å². The first kappa shape index (κ1) is 18.9. The summed E-state index contributed by atoms with van der Waals surface area (Å²) in [6.45, 7) is 0.163. The summed E-state index contributed by atoms with van der Waals surface area (Å²) in [5, 5.41) is 9.49. The van der Waals surface area contributed by atoms with Crippen LogP contribution in [0.4, 0.5) is 14.5 Å². The first-order valence-electron chi connectivity index (χ1n) is 8.18. The number of nitrogens with zero attached hydrogens (tertiary/aromatic N) is 2. The maximum Gasteiger partial charge on any atom is 0.255 e. The van der Waals surface area contributed by atoms with Crippen LogP contribution in [0.25, 0.3) is 5.57 Å². The third-order valence-corrected chi connectivity index (χ3v) is 6.26. The van der Waals surface area contributed by atoms with Gasteiger partial charge in [-0.25, -0.2) is 13.8 Å². The number of hydrazone groups is 1. The smallest absolute Gasteiger partial charge is 0.255 e. The lowest BCUT2D eigenvalue weighted by molar-refractivity contribution is -0.116. The summed E-state index contributed by atoms with van der Waals surface area (Å²) >= 11 is 3.30. The van der Waals surface area contributed by atoms with Gasteiger partial charge in [-0.15, -0.1) is 0 Å². The lowest BCUT2D eigenvalue weighted by Gasteiger charge is -2.31. The summed E-state index contributed by atoms with van der Waals surface area (Å²) in [6, 6.07) is 8.80. The van der Waals surface area contributed by atoms with E-state index in [-0.39, 0.29) is 29.5 Å². The number of hydrogen-bond acceptors (Lipinski definition) is 5. The van der Waals surface area contributed by atoms with Crippen molar-refractivity contribution in [2.24, 2.45) is 5.10 Å². The van der Waals surface area contributed by atoms with Crippen molar-refractivity contribution >= 4 is 56.6 Å². The largest absolute Gasteiger partial charge is 0.398 e. The first-order chi connectivity index (χ1) is 13.4. The zero-order valence-corrected chi connectivity index (χ0v) is 17.2. The standard InChI is InChI=1S/C19H13F2IN4OS/c20-10-1-3-11(4-2-10)28-15-8-7-14-17(19(27)24-9-26(14)25-15)16-12(21)5-6-13(23)18(16)22/h1-8H,9,23H2,(H,24,27). The molecule has 0 aliphatic carbocycles. The Morgan fingerprint density at radius 1 is 1.14 bits per heavy atom. The van der Waals surface area contributed by atoms with Gasteiger partial charge in [0.1, 0.15) is 23.3 Å². The molecule has 0 unspecified atom stereocenters. The number of thioether (sulfide) groups is 1. The van der Waals surface area contributed by atoms with Gasteiger partial charge >= 0.3 is 0 Å². The van der Waals surface area contributed by atoms with Gasteiger partial charge < -0.3 is 11.1 Å². The molecule has 5 nitrogen and oxygen atoms in total. The fourth-order valence-corrected chi connectivity index (χ4v) is 4.34. The molecule has 28 heavy (non-hydrogen) atoms. The molecule has 2 aromatic rings. The van der Waals surface area contributed by atoms with Crippen molar-refractivity contribution in [3.05, 3.63) is 75.0 Å². The number of nitrogens with two attached hydrogens (primary N) is 1. The average molecular weight is 510 g/mol. The Bertz CT molecular complexity index is 1070. The molecule has 2 heterocycles. The Morgan fingerprint density at radius 3 is 2.64 bits per heavy atom. The van der Waals surface area contributed by atoms with E-state index in [2.05, 4.69) is 10.4 Å². The van der Waals surface area contributed by atoms with Crippen molar-refractivity contribution < 1.29 is 13.6 Å². The molecule has 0 bridgehead atoms. The maximum absolute atomic E-state index is 14.6. The minimum atomic E-state index is -0.526. The zero-order chi connectivity index (χ0) is 19.8. The predicted octanol–water partition coefficient (Wildman–Crippen LogP) is 3.93. The quantitative estimate of drug-likeness (QED) is 0.475. The number of rotatable bonds is 2. The van der Waals surface area contributed by atoms with E-state index in [4.69, 9.17) is 5.73 Å². The Labute approximate surface area is 177 Å². The van der Waals surface area contributed by atoms with E-state index in [1.807, 2.05) is 22.6 Å². The second-order valence-corrected chi connectivity index (χ2v) is 8.15. The van der Waals surface area contributed by atoms with Crippen LogP contribution in [0.15, 0.2) is 64.2 Å². The molecular weight excluding hydrogens is 497 g/mol. The lowest BCUT2D eigenvalue weighted by Crippen LogP contribution is -2.42. The van der Waals surface area contributed by atoms with Gasteiger partial charge in [0, 0.05) is 19.7 Å². The average Bonchev–Trinajstić information content (AvgIpc) is 2.68. The number of benzene rings is 2. The van der Waals surface area contributed by atoms with Crippen molar-refractivity contribution in [2.75, 3.05) is 12.4 Å². The van der Waals surface area contributed by atoms with Gasteiger partial charge in [0.05, 0.1) is 11.3 Å². The summed E-state index contributed by atoms with van der Waals surface area (Å²) in [5.41, 5.74) is 7.15. The van der Waals surface area contributed by atoms with E-state index >= 15 is 0 Å². The summed E-state index contributed by atoms with van der Waals surface area (Å²) in [7, 11) is 0. The molecule has 0 saturated carbocycles. The van der Waals surface area contributed by atoms with Crippen LogP contribution in [0.5, 0.6) is 0 Å². The van der Waals surface area contributed by atoms with Crippen molar-refractivity contribution in [3.8, 4) is 0 Å². The summed E-state index contributed by atoms with van der Waals surface area (Å²) in [6.07, 6.45) is 3.47. The van der Waals surface area contributed by atoms with Crippen molar-refractivity contribution in [1.82, 2.24) is 10.3 Å². The van der Waals surface area contributed by atoms with Crippen LogP contribution in [-0.4, -0.2) is 22.6 Å². The van der Waals surface area contributed by atoms with Crippen LogP contribution in [0, 0.1) is 15.2 Å². The fraction of sp³-hybridized carbons (Fsp3) is 0.0526. The highest BCUT2D eigenvalue weighted by atomic mass is 127. The summed E-state index contributed by atoms with van der Waals surface area (Å²) in [5.74, 6) is -1.22. The molecule has 2 aromatic carbocycles. The van der Waals surface area contributed by atoms with Crippen molar-refractivity contribution in [1.29, 1.82) is 0 Å². The number of amides is 1. The minimum absolute atomic E-state index is 0.160. The molecule has 2 aliphatic rings. The Hall–Kier alpha value is -2.40. The number of anilines is 1. The van der Waals surface area contributed by atoms with Gasteiger partial charge in [-0.05, 0) is 71.1 Å². The molecule has 142 valence electrons. The number of allylic oxidation sites excluding steroid dienone is 1. The normalized spacial score (nSPS) is 16.0. The van der Waals surface area contributed by atoms with Gasteiger partial charge in [-0.3, -0.25) is 4.79 Å². The van der Waals surface area contributed by atoms with Gasteiger partial charge in [0.25, 0.3) is 5.91 Å². The number of fused-ring (bicyclic) bond motifs is 1. The molecule has 3 N–H and O–H groups in total. The Morgan fingerprint density at radius 2 is 1.89 bits per heavy atom. The van der Waals surface area contributed by atoms with E-state index in [1.165, 1.54) is 36.0 Å². The summed E-state index contributed by atoms with van der Waals surface area (Å²) < 4.78 is 28.1. The number of carbonyl (C=O) groups excluding carboxylic acids is 1. The highest BCUT2D eigenvalue weighted by Gasteiger charge is 2.31. The third-order valence-electron chi connectivity index (χ3n) is 4.16. The van der Waals surface area contributed by atoms with Gasteiger partial charge in [0.2, 0.25) is 0 Å². The SMILES string of the molecule is Nc1ccc(F)c(C2=C3C=CC(Sc4ccc(F)cc4)=NN3CNC2=O)c1I. The number of carbonyl (C=O) groups is 1. The molecule has 0 spiro atoms. The zero-order valence-electron chi connectivity index (χ0n) is 14.2. The van der Waals surface area contributed by atoms with E-state index in [1.54, 1.807) is 29.3 Å². The molecule has 2 aliphatic heterocycles. The molecule has 1 amide bonds. The number of hydrogen-bond donors (Lipinski definition) is 2. The van der Waals surface area contributed by atoms with Crippen LogP contribution < -0.4 is 11.1 Å². The number of nitrogen functional groups attached to an aromatic ring is 1. The van der Waals surface area contributed by atoms with Gasteiger partial charge in [-0.2, -0.15) is 5.10 Å². The van der Waals surface area contributed by atoms with Crippen molar-refractivity contribution in [2.45, 2.75) is 4.90 Å². The Kier molecular flexibility index (Phi) is 5.11. The lowest BCUT2D eigenvalue weighted by atomic mass is 9.99. The van der Waals surface area contributed by atoms with Crippen LogP contribution in [-0.2, 0) is 4.79 Å². The van der Waals surface area contributed by atoms with E-state index < -0.39 is 5.82 Å². The molecule has 0 radical (unpaired) electrons. The van der Waals surface area contributed by atoms with Crippen LogP contribution >= 0.6 is 34.4 Å². The summed E-state index contributed by atoms with van der Waals surface area (Å²) in [4.78, 5) is 13.4. The highest BCUT2D eigenvalue weighted by molar-refractivity contribution is 14.1. The molecule has 0 saturated heterocycles. The molecular formula is C19H13F2IN4OS. The van der Waals surface area contributed by atoms with E-state index in [0.29, 0.717) is 20.0 Å². The number of halogens is 3. The molecule has 0 fully saturated rings. The second-order valence-electron chi connectivity index (χ2n) is 5.98. The Balaban J connectivity index is 1.73. The van der Waals surface area contributed by atoms with E-state index in [9.17, 15) is 13.6 Å².